The Morgan fingerprint density at radius 1 is 0.800 bits per heavy atom. The largest absolute Gasteiger partial charge is 0.587 e. The van der Waals surface area contributed by atoms with Gasteiger partial charge in [0.25, 0.3) is 0 Å². The lowest BCUT2D eigenvalue weighted by Gasteiger charge is -2.37. The van der Waals surface area contributed by atoms with Crippen molar-refractivity contribution in [1.82, 2.24) is 0 Å². The molecule has 5 heteroatoms. The second kappa shape index (κ2) is 8.69. The quantitative estimate of drug-likeness (QED) is 0.271. The molecule has 0 bridgehead atoms. The van der Waals surface area contributed by atoms with Crippen LogP contribution in [0.3, 0.4) is 0 Å². The molecular formula is C30H31O4P. The smallest absolute Gasteiger partial charge is 0.394 e. The summed E-state index contributed by atoms with van der Waals surface area (Å²) in [4.78, 5) is 0. The van der Waals surface area contributed by atoms with E-state index >= 15 is 0 Å². The molecule has 180 valence electrons. The first kappa shape index (κ1) is 22.6. The van der Waals surface area contributed by atoms with Crippen LogP contribution < -0.4 is 9.05 Å². The van der Waals surface area contributed by atoms with Crippen molar-refractivity contribution in [2.75, 3.05) is 0 Å². The Kier molecular flexibility index (Phi) is 5.62. The molecule has 6 rings (SSSR count). The van der Waals surface area contributed by atoms with E-state index in [1.165, 1.54) is 6.42 Å². The summed E-state index contributed by atoms with van der Waals surface area (Å²) in [5.74, 6) is 2.33. The van der Waals surface area contributed by atoms with Gasteiger partial charge in [-0.05, 0) is 64.3 Å². The van der Waals surface area contributed by atoms with E-state index in [1.807, 2.05) is 48.5 Å². The van der Waals surface area contributed by atoms with Crippen LogP contribution in [0.15, 0.2) is 72.8 Å². The lowest BCUT2D eigenvalue weighted by atomic mass is 9.75. The Hall–Kier alpha value is -2.81. The summed E-state index contributed by atoms with van der Waals surface area (Å²) in [6, 6.07) is 24.2. The van der Waals surface area contributed by atoms with Gasteiger partial charge in [0, 0.05) is 11.1 Å². The number of hydrogen-bond donors (Lipinski definition) is 0. The van der Waals surface area contributed by atoms with E-state index in [-0.39, 0.29) is 6.10 Å². The zero-order valence-corrected chi connectivity index (χ0v) is 21.3. The summed E-state index contributed by atoms with van der Waals surface area (Å²) >= 11 is 0. The molecule has 35 heavy (non-hydrogen) atoms. The molecular weight excluding hydrogens is 455 g/mol. The second-order valence-corrected chi connectivity index (χ2v) is 11.9. The fourth-order valence-corrected chi connectivity index (χ4v) is 7.36. The topological polar surface area (TPSA) is 44.8 Å². The van der Waals surface area contributed by atoms with E-state index in [9.17, 15) is 4.57 Å². The van der Waals surface area contributed by atoms with E-state index in [0.717, 1.165) is 45.5 Å². The van der Waals surface area contributed by atoms with Crippen molar-refractivity contribution in [1.29, 1.82) is 0 Å². The molecule has 1 heterocycles. The van der Waals surface area contributed by atoms with Crippen LogP contribution in [-0.4, -0.2) is 6.10 Å². The molecule has 1 aliphatic heterocycles. The maximum Gasteiger partial charge on any atom is 0.587 e. The van der Waals surface area contributed by atoms with Crippen molar-refractivity contribution < 1.29 is 18.1 Å². The van der Waals surface area contributed by atoms with Crippen LogP contribution in [0, 0.1) is 17.8 Å². The summed E-state index contributed by atoms with van der Waals surface area (Å²) in [6.07, 6.45) is 2.91. The number of hydrogen-bond acceptors (Lipinski definition) is 4. The van der Waals surface area contributed by atoms with Gasteiger partial charge in [0.1, 0.15) is 11.5 Å². The van der Waals surface area contributed by atoms with Gasteiger partial charge in [0.05, 0.1) is 6.10 Å². The maximum absolute atomic E-state index is 14.3. The molecule has 3 atom stereocenters. The standard InChI is InChI=1S/C30H31O4P/c1-19(2)23-15-12-20(3)18-28(23)34-35(31)32-26-16-13-21-8-4-6-10-24(21)29(26)30-25-11-7-5-9-22(25)14-17-27(30)33-35/h4-11,13-14,16-17,19-20,23,28H,12,15,18H2,1-3H3/t20-,23+,28+/m0/s1. The molecule has 1 saturated carbocycles. The Morgan fingerprint density at radius 2 is 1.34 bits per heavy atom. The Morgan fingerprint density at radius 3 is 1.89 bits per heavy atom. The minimum Gasteiger partial charge on any atom is -0.394 e. The lowest BCUT2D eigenvalue weighted by molar-refractivity contribution is 0.0272. The number of benzene rings is 4. The molecule has 0 saturated heterocycles. The SMILES string of the molecule is CC(C)[C@H]1CC[C@H](C)C[C@H]1OP1(=O)Oc2ccc3ccccc3c2-c2c(ccc3ccccc23)O1. The van der Waals surface area contributed by atoms with E-state index in [1.54, 1.807) is 0 Å². The monoisotopic (exact) mass is 486 g/mol. The number of phosphoric acid groups is 1. The summed E-state index contributed by atoms with van der Waals surface area (Å²) in [5, 5.41) is 4.25. The highest BCUT2D eigenvalue weighted by Crippen LogP contribution is 2.60. The zero-order valence-electron chi connectivity index (χ0n) is 20.4. The maximum atomic E-state index is 14.3. The Bertz CT molecular complexity index is 1370. The minimum atomic E-state index is -3.95. The number of phosphoric ester groups is 1. The molecule has 0 amide bonds. The van der Waals surface area contributed by atoms with Crippen LogP contribution in [0.5, 0.6) is 11.5 Å². The molecule has 4 aromatic rings. The van der Waals surface area contributed by atoms with Crippen LogP contribution in [-0.2, 0) is 9.09 Å². The van der Waals surface area contributed by atoms with E-state index in [4.69, 9.17) is 13.6 Å². The number of fused-ring (bicyclic) bond motifs is 7. The van der Waals surface area contributed by atoms with Crippen LogP contribution in [0.2, 0.25) is 0 Å². The molecule has 0 aromatic heterocycles. The highest BCUT2D eigenvalue weighted by Gasteiger charge is 2.43. The molecule has 4 aromatic carbocycles. The zero-order chi connectivity index (χ0) is 24.2. The van der Waals surface area contributed by atoms with Gasteiger partial charge >= 0.3 is 7.82 Å². The molecule has 0 spiro atoms. The second-order valence-electron chi connectivity index (χ2n) is 10.4. The normalized spacial score (nSPS) is 23.3. The highest BCUT2D eigenvalue weighted by atomic mass is 31.2. The van der Waals surface area contributed by atoms with Gasteiger partial charge in [0.2, 0.25) is 0 Å². The molecule has 0 radical (unpaired) electrons. The van der Waals surface area contributed by atoms with E-state index < -0.39 is 7.82 Å². The van der Waals surface area contributed by atoms with Crippen molar-refractivity contribution >= 4 is 29.4 Å². The lowest BCUT2D eigenvalue weighted by Crippen LogP contribution is -2.34. The summed E-state index contributed by atoms with van der Waals surface area (Å²) in [6.45, 7) is 6.66. The van der Waals surface area contributed by atoms with Crippen molar-refractivity contribution in [3.05, 3.63) is 72.8 Å². The molecule has 4 nitrogen and oxygen atoms in total. The van der Waals surface area contributed by atoms with Crippen LogP contribution in [0.25, 0.3) is 32.7 Å². The molecule has 0 unspecified atom stereocenters. The third-order valence-electron chi connectivity index (χ3n) is 7.68. The van der Waals surface area contributed by atoms with E-state index in [0.29, 0.717) is 29.3 Å². The van der Waals surface area contributed by atoms with Crippen LogP contribution in [0.1, 0.15) is 40.0 Å². The van der Waals surface area contributed by atoms with Gasteiger partial charge < -0.3 is 9.05 Å². The van der Waals surface area contributed by atoms with Gasteiger partial charge in [0.15, 0.2) is 0 Å². The van der Waals surface area contributed by atoms with Gasteiger partial charge in [-0.3, -0.25) is 4.52 Å². The summed E-state index contributed by atoms with van der Waals surface area (Å²) < 4.78 is 33.2. The van der Waals surface area contributed by atoms with E-state index in [2.05, 4.69) is 45.0 Å². The minimum absolute atomic E-state index is 0.171. The summed E-state index contributed by atoms with van der Waals surface area (Å²) in [5.41, 5.74) is 1.79. The average Bonchev–Trinajstić information content (AvgIpc) is 2.97. The van der Waals surface area contributed by atoms with Crippen molar-refractivity contribution in [3.8, 4) is 22.6 Å². The highest BCUT2D eigenvalue weighted by molar-refractivity contribution is 7.49. The first-order valence-corrected chi connectivity index (χ1v) is 14.1. The molecule has 1 fully saturated rings. The van der Waals surface area contributed by atoms with Gasteiger partial charge in [-0.25, -0.2) is 4.57 Å². The first-order chi connectivity index (χ1) is 16.9. The molecule has 2 aliphatic rings. The predicted molar refractivity (Wildman–Crippen MR) is 142 cm³/mol. The average molecular weight is 487 g/mol. The number of rotatable bonds is 3. The molecule has 1 aliphatic carbocycles. The van der Waals surface area contributed by atoms with Crippen molar-refractivity contribution in [2.45, 2.75) is 46.1 Å². The van der Waals surface area contributed by atoms with Gasteiger partial charge in [-0.1, -0.05) is 87.9 Å². The summed E-state index contributed by atoms with van der Waals surface area (Å²) in [7, 11) is -3.95. The van der Waals surface area contributed by atoms with Crippen LogP contribution >= 0.6 is 7.82 Å². The van der Waals surface area contributed by atoms with Crippen molar-refractivity contribution in [3.63, 3.8) is 0 Å². The van der Waals surface area contributed by atoms with Gasteiger partial charge in [-0.2, -0.15) is 0 Å². The Balaban J connectivity index is 1.54. The van der Waals surface area contributed by atoms with Crippen molar-refractivity contribution in [2.24, 2.45) is 17.8 Å². The Labute approximate surface area is 206 Å². The fraction of sp³-hybridized carbons (Fsp3) is 0.333. The molecule has 0 N–H and O–H groups in total. The first-order valence-electron chi connectivity index (χ1n) is 12.6. The predicted octanol–water partition coefficient (Wildman–Crippen LogP) is 9.02. The van der Waals surface area contributed by atoms with Crippen LogP contribution in [0.4, 0.5) is 0 Å². The fourth-order valence-electron chi connectivity index (χ4n) is 5.88. The third-order valence-corrected chi connectivity index (χ3v) is 9.05. The van der Waals surface area contributed by atoms with Gasteiger partial charge in [-0.15, -0.1) is 0 Å². The third kappa shape index (κ3) is 4.03.